The van der Waals surface area contributed by atoms with E-state index in [4.69, 9.17) is 0 Å². The maximum atomic E-state index is 14.0. The van der Waals surface area contributed by atoms with Gasteiger partial charge in [0.2, 0.25) is 0 Å². The first kappa shape index (κ1) is 15.6. The van der Waals surface area contributed by atoms with Crippen LogP contribution < -0.4 is 5.32 Å². The van der Waals surface area contributed by atoms with Crippen LogP contribution in [0.4, 0.5) is 8.78 Å². The summed E-state index contributed by atoms with van der Waals surface area (Å²) in [6.07, 6.45) is 0.513. The van der Waals surface area contributed by atoms with Crippen molar-refractivity contribution in [1.29, 1.82) is 0 Å². The van der Waals surface area contributed by atoms with Gasteiger partial charge in [-0.15, -0.1) is 0 Å². The first-order valence-electron chi connectivity index (χ1n) is 6.07. The lowest BCUT2D eigenvalue weighted by Gasteiger charge is -2.18. The summed E-state index contributed by atoms with van der Waals surface area (Å²) in [6.45, 7) is 0. The first-order valence-corrected chi connectivity index (χ1v) is 7.66. The summed E-state index contributed by atoms with van der Waals surface area (Å²) in [5.41, 5.74) is 1.08. The van der Waals surface area contributed by atoms with Crippen LogP contribution in [0.15, 0.2) is 45.3 Å². The lowest BCUT2D eigenvalue weighted by atomic mass is 9.98. The van der Waals surface area contributed by atoms with Crippen molar-refractivity contribution >= 4 is 31.9 Å². The Morgan fingerprint density at radius 1 is 1.00 bits per heavy atom. The van der Waals surface area contributed by atoms with Gasteiger partial charge in [0.1, 0.15) is 11.6 Å². The molecule has 20 heavy (non-hydrogen) atoms. The molecule has 0 saturated carbocycles. The van der Waals surface area contributed by atoms with Gasteiger partial charge in [-0.1, -0.05) is 44.0 Å². The minimum Gasteiger partial charge on any atom is -0.313 e. The van der Waals surface area contributed by atoms with Crippen LogP contribution in [0.5, 0.6) is 0 Å². The van der Waals surface area contributed by atoms with E-state index in [-0.39, 0.29) is 5.56 Å². The van der Waals surface area contributed by atoms with E-state index >= 15 is 0 Å². The Hall–Kier alpha value is -0.780. The number of hydrogen-bond acceptors (Lipinski definition) is 1. The van der Waals surface area contributed by atoms with Gasteiger partial charge in [0.05, 0.1) is 0 Å². The van der Waals surface area contributed by atoms with Crippen LogP contribution in [-0.2, 0) is 6.42 Å². The summed E-state index contributed by atoms with van der Waals surface area (Å²) in [5, 5.41) is 2.98. The van der Waals surface area contributed by atoms with Gasteiger partial charge >= 0.3 is 0 Å². The minimum atomic E-state index is -0.548. The Morgan fingerprint density at radius 3 is 2.05 bits per heavy atom. The number of likely N-dealkylation sites (N-methyl/N-ethyl adjacent to an activating group) is 1. The van der Waals surface area contributed by atoms with Crippen LogP contribution in [0, 0.1) is 11.6 Å². The topological polar surface area (TPSA) is 12.0 Å². The fourth-order valence-corrected chi connectivity index (χ4v) is 2.76. The van der Waals surface area contributed by atoms with Crippen LogP contribution in [0.1, 0.15) is 17.2 Å². The maximum Gasteiger partial charge on any atom is 0.132 e. The van der Waals surface area contributed by atoms with Crippen molar-refractivity contribution in [2.75, 3.05) is 7.05 Å². The van der Waals surface area contributed by atoms with Crippen molar-refractivity contribution in [3.8, 4) is 0 Å². The molecule has 0 fully saturated rings. The second kappa shape index (κ2) is 6.78. The van der Waals surface area contributed by atoms with Gasteiger partial charge in [-0.2, -0.15) is 0 Å². The molecule has 0 aliphatic heterocycles. The van der Waals surface area contributed by atoms with Crippen LogP contribution in [0.3, 0.4) is 0 Å². The molecule has 0 aliphatic carbocycles. The molecule has 5 heteroatoms. The lowest BCUT2D eigenvalue weighted by molar-refractivity contribution is 0.488. The van der Waals surface area contributed by atoms with Crippen molar-refractivity contribution in [3.05, 3.63) is 68.1 Å². The van der Waals surface area contributed by atoms with Crippen molar-refractivity contribution in [1.82, 2.24) is 5.32 Å². The normalized spacial score (nSPS) is 12.4. The predicted octanol–water partition coefficient (Wildman–Crippen LogP) is 4.99. The highest BCUT2D eigenvalue weighted by molar-refractivity contribution is 9.10. The summed E-state index contributed by atoms with van der Waals surface area (Å²) < 4.78 is 29.4. The second-order valence-corrected chi connectivity index (χ2v) is 6.29. The number of nitrogens with one attached hydrogen (secondary N) is 1. The minimum absolute atomic E-state index is 0.0682. The fraction of sp³-hybridized carbons (Fsp3) is 0.200. The van der Waals surface area contributed by atoms with E-state index in [2.05, 4.69) is 37.2 Å². The molecule has 0 amide bonds. The van der Waals surface area contributed by atoms with Crippen LogP contribution in [0.25, 0.3) is 0 Å². The molecule has 1 atom stereocenters. The second-order valence-electron chi connectivity index (χ2n) is 4.45. The molecule has 0 aromatic heterocycles. The molecule has 1 nitrogen and oxygen atoms in total. The highest BCUT2D eigenvalue weighted by Crippen LogP contribution is 2.27. The van der Waals surface area contributed by atoms with E-state index in [1.54, 1.807) is 7.05 Å². The molecular weight excluding hydrogens is 392 g/mol. The number of rotatable bonds is 4. The molecule has 2 rings (SSSR count). The summed E-state index contributed by atoms with van der Waals surface area (Å²) in [4.78, 5) is 0. The third-order valence-electron chi connectivity index (χ3n) is 3.09. The fourth-order valence-electron chi connectivity index (χ4n) is 2.09. The van der Waals surface area contributed by atoms with Gasteiger partial charge in [-0.05, 0) is 43.3 Å². The largest absolute Gasteiger partial charge is 0.313 e. The van der Waals surface area contributed by atoms with E-state index in [0.29, 0.717) is 10.9 Å². The molecule has 106 valence electrons. The molecule has 2 aromatic carbocycles. The zero-order valence-corrected chi connectivity index (χ0v) is 13.9. The Balaban J connectivity index is 2.31. The monoisotopic (exact) mass is 403 g/mol. The molecule has 1 unspecified atom stereocenters. The van der Waals surface area contributed by atoms with Gasteiger partial charge in [0.15, 0.2) is 0 Å². The highest BCUT2D eigenvalue weighted by atomic mass is 79.9. The zero-order valence-electron chi connectivity index (χ0n) is 10.8. The van der Waals surface area contributed by atoms with E-state index in [1.807, 2.05) is 24.3 Å². The van der Waals surface area contributed by atoms with Crippen molar-refractivity contribution in [3.63, 3.8) is 0 Å². The van der Waals surface area contributed by atoms with E-state index < -0.39 is 17.7 Å². The molecule has 1 N–H and O–H groups in total. The Morgan fingerprint density at radius 2 is 1.55 bits per heavy atom. The first-order chi connectivity index (χ1) is 9.51. The van der Waals surface area contributed by atoms with Crippen LogP contribution in [-0.4, -0.2) is 7.05 Å². The van der Waals surface area contributed by atoms with Gasteiger partial charge in [-0.3, -0.25) is 0 Å². The molecular formula is C15H13Br2F2N. The average Bonchev–Trinajstić information content (AvgIpc) is 2.38. The Kier molecular flexibility index (Phi) is 5.29. The zero-order chi connectivity index (χ0) is 14.7. The SMILES string of the molecule is CNC(Cc1ccc(Br)cc1)c1c(F)cc(Br)cc1F. The van der Waals surface area contributed by atoms with Crippen LogP contribution >= 0.6 is 31.9 Å². The number of benzene rings is 2. The summed E-state index contributed by atoms with van der Waals surface area (Å²) in [5.74, 6) is -1.10. The smallest absolute Gasteiger partial charge is 0.132 e. The van der Waals surface area contributed by atoms with Gasteiger partial charge < -0.3 is 5.32 Å². The van der Waals surface area contributed by atoms with E-state index in [1.165, 1.54) is 12.1 Å². The third kappa shape index (κ3) is 3.65. The average molecular weight is 405 g/mol. The summed E-state index contributed by atoms with van der Waals surface area (Å²) in [7, 11) is 1.70. The van der Waals surface area contributed by atoms with Gasteiger partial charge in [0, 0.05) is 20.6 Å². The molecule has 0 heterocycles. The molecule has 0 saturated heterocycles. The maximum absolute atomic E-state index is 14.0. The summed E-state index contributed by atoms with van der Waals surface area (Å²) >= 11 is 6.45. The highest BCUT2D eigenvalue weighted by Gasteiger charge is 2.20. The third-order valence-corrected chi connectivity index (χ3v) is 4.08. The number of halogens is 4. The predicted molar refractivity (Wildman–Crippen MR) is 83.7 cm³/mol. The van der Waals surface area contributed by atoms with Crippen molar-refractivity contribution in [2.45, 2.75) is 12.5 Å². The Bertz CT molecular complexity index is 576. The van der Waals surface area contributed by atoms with Crippen molar-refractivity contribution in [2.24, 2.45) is 0 Å². The van der Waals surface area contributed by atoms with E-state index in [9.17, 15) is 8.78 Å². The Labute approximate surface area is 133 Å². The van der Waals surface area contributed by atoms with Crippen LogP contribution in [0.2, 0.25) is 0 Å². The standard InChI is InChI=1S/C15H13Br2F2N/c1-20-14(6-9-2-4-10(16)5-3-9)15-12(18)7-11(17)8-13(15)19/h2-5,7-8,14,20H,6H2,1H3. The van der Waals surface area contributed by atoms with Gasteiger partial charge in [-0.25, -0.2) is 8.78 Å². The lowest BCUT2D eigenvalue weighted by Crippen LogP contribution is -2.21. The molecule has 0 spiro atoms. The van der Waals surface area contributed by atoms with Gasteiger partial charge in [0.25, 0.3) is 0 Å². The summed E-state index contributed by atoms with van der Waals surface area (Å²) in [6, 6.07) is 9.84. The quantitative estimate of drug-likeness (QED) is 0.756. The molecule has 0 bridgehead atoms. The molecule has 0 radical (unpaired) electrons. The van der Waals surface area contributed by atoms with Crippen molar-refractivity contribution < 1.29 is 8.78 Å². The number of hydrogen-bond donors (Lipinski definition) is 1. The molecule has 0 aliphatic rings. The van der Waals surface area contributed by atoms with E-state index in [0.717, 1.165) is 10.0 Å². The molecule has 2 aromatic rings.